The minimum absolute atomic E-state index is 0.0734. The molecule has 0 heterocycles. The van der Waals surface area contributed by atoms with Gasteiger partial charge >= 0.3 is 0 Å². The second-order valence-electron chi connectivity index (χ2n) is 4.26. The zero-order chi connectivity index (χ0) is 11.3. The lowest BCUT2D eigenvalue weighted by molar-refractivity contribution is 0.195. The molecule has 0 aliphatic carbocycles. The van der Waals surface area contributed by atoms with Gasteiger partial charge in [0.15, 0.2) is 11.5 Å². The van der Waals surface area contributed by atoms with Gasteiger partial charge in [-0.2, -0.15) is 12.6 Å². The Morgan fingerprint density at radius 2 is 1.80 bits per heavy atom. The Morgan fingerprint density at radius 1 is 1.20 bits per heavy atom. The van der Waals surface area contributed by atoms with Crippen LogP contribution in [0.3, 0.4) is 0 Å². The van der Waals surface area contributed by atoms with Gasteiger partial charge in [0, 0.05) is 5.41 Å². The molecule has 0 fully saturated rings. The quantitative estimate of drug-likeness (QED) is 0.778. The molecule has 15 heavy (non-hydrogen) atoms. The van der Waals surface area contributed by atoms with Crippen LogP contribution in [0, 0.1) is 5.41 Å². The van der Waals surface area contributed by atoms with E-state index in [-0.39, 0.29) is 5.41 Å². The van der Waals surface area contributed by atoms with Crippen molar-refractivity contribution < 1.29 is 9.47 Å². The highest BCUT2D eigenvalue weighted by Gasteiger charge is 2.17. The molecular formula is C12H18O2S. The molecular weight excluding hydrogens is 208 g/mol. The molecule has 3 heteroatoms. The van der Waals surface area contributed by atoms with Crippen molar-refractivity contribution >= 4 is 12.6 Å². The first-order valence-electron chi connectivity index (χ1n) is 4.96. The molecule has 0 spiro atoms. The average Bonchev–Trinajstić information content (AvgIpc) is 2.27. The number of ether oxygens (including phenoxy) is 2. The van der Waals surface area contributed by atoms with Crippen LogP contribution in [0.5, 0.6) is 11.5 Å². The fraction of sp³-hybridized carbons (Fsp3) is 0.500. The van der Waals surface area contributed by atoms with E-state index in [1.807, 2.05) is 24.3 Å². The van der Waals surface area contributed by atoms with E-state index in [4.69, 9.17) is 9.47 Å². The standard InChI is InChI=1S/C12H18O2S/c1-12(2,9-15)8-14-11-7-5-4-6-10(11)13-3/h4-7,15H,8-9H2,1-3H3. The van der Waals surface area contributed by atoms with Gasteiger partial charge in [0.05, 0.1) is 13.7 Å². The zero-order valence-corrected chi connectivity index (χ0v) is 10.4. The van der Waals surface area contributed by atoms with Crippen LogP contribution in [0.1, 0.15) is 13.8 Å². The Hall–Kier alpha value is -0.830. The Balaban J connectivity index is 2.65. The van der Waals surface area contributed by atoms with Crippen LogP contribution in [-0.4, -0.2) is 19.5 Å². The number of hydrogen-bond acceptors (Lipinski definition) is 3. The fourth-order valence-corrected chi connectivity index (χ4v) is 1.15. The lowest BCUT2D eigenvalue weighted by Crippen LogP contribution is -2.23. The van der Waals surface area contributed by atoms with Crippen molar-refractivity contribution in [2.24, 2.45) is 5.41 Å². The van der Waals surface area contributed by atoms with Gasteiger partial charge < -0.3 is 9.47 Å². The van der Waals surface area contributed by atoms with Crippen LogP contribution < -0.4 is 9.47 Å². The topological polar surface area (TPSA) is 18.5 Å². The lowest BCUT2D eigenvalue weighted by atomic mass is 9.98. The largest absolute Gasteiger partial charge is 0.493 e. The first-order valence-corrected chi connectivity index (χ1v) is 5.59. The van der Waals surface area contributed by atoms with E-state index in [9.17, 15) is 0 Å². The summed E-state index contributed by atoms with van der Waals surface area (Å²) in [5.74, 6) is 2.35. The maximum absolute atomic E-state index is 5.71. The number of thiol groups is 1. The second-order valence-corrected chi connectivity index (χ2v) is 4.58. The van der Waals surface area contributed by atoms with Gasteiger partial charge in [0.1, 0.15) is 0 Å². The maximum atomic E-state index is 5.71. The highest BCUT2D eigenvalue weighted by Crippen LogP contribution is 2.28. The minimum Gasteiger partial charge on any atom is -0.493 e. The van der Waals surface area contributed by atoms with E-state index in [2.05, 4.69) is 26.5 Å². The van der Waals surface area contributed by atoms with Crippen LogP contribution in [-0.2, 0) is 0 Å². The van der Waals surface area contributed by atoms with Crippen LogP contribution in [0.4, 0.5) is 0 Å². The first-order chi connectivity index (χ1) is 7.09. The van der Waals surface area contributed by atoms with Crippen molar-refractivity contribution in [1.29, 1.82) is 0 Å². The second kappa shape index (κ2) is 5.31. The molecule has 0 atom stereocenters. The molecule has 1 rings (SSSR count). The summed E-state index contributed by atoms with van der Waals surface area (Å²) in [7, 11) is 1.64. The normalized spacial score (nSPS) is 11.2. The smallest absolute Gasteiger partial charge is 0.161 e. The molecule has 0 aliphatic heterocycles. The van der Waals surface area contributed by atoms with Crippen molar-refractivity contribution in [1.82, 2.24) is 0 Å². The van der Waals surface area contributed by atoms with Gasteiger partial charge in [-0.1, -0.05) is 26.0 Å². The maximum Gasteiger partial charge on any atom is 0.161 e. The Kier molecular flexibility index (Phi) is 4.33. The van der Waals surface area contributed by atoms with E-state index in [1.54, 1.807) is 7.11 Å². The third-order valence-corrected chi connectivity index (χ3v) is 2.97. The Labute approximate surface area is 97.0 Å². The van der Waals surface area contributed by atoms with Crippen molar-refractivity contribution in [3.8, 4) is 11.5 Å². The summed E-state index contributed by atoms with van der Waals surface area (Å²) < 4.78 is 10.9. The minimum atomic E-state index is 0.0734. The molecule has 2 nitrogen and oxygen atoms in total. The molecule has 0 radical (unpaired) electrons. The number of rotatable bonds is 5. The summed E-state index contributed by atoms with van der Waals surface area (Å²) in [6.45, 7) is 4.88. The fourth-order valence-electron chi connectivity index (χ4n) is 1.06. The van der Waals surface area contributed by atoms with Crippen LogP contribution >= 0.6 is 12.6 Å². The summed E-state index contributed by atoms with van der Waals surface area (Å²) in [5, 5.41) is 0. The van der Waals surface area contributed by atoms with E-state index in [1.165, 1.54) is 0 Å². The van der Waals surface area contributed by atoms with E-state index < -0.39 is 0 Å². The Bertz CT molecular complexity index is 310. The lowest BCUT2D eigenvalue weighted by Gasteiger charge is -2.22. The molecule has 0 unspecified atom stereocenters. The predicted molar refractivity (Wildman–Crippen MR) is 66.1 cm³/mol. The van der Waals surface area contributed by atoms with Gasteiger partial charge in [0.2, 0.25) is 0 Å². The summed E-state index contributed by atoms with van der Waals surface area (Å²) >= 11 is 4.29. The molecule has 0 amide bonds. The highest BCUT2D eigenvalue weighted by molar-refractivity contribution is 7.80. The molecule has 0 bridgehead atoms. The summed E-state index contributed by atoms with van der Waals surface area (Å²) in [4.78, 5) is 0. The number of methoxy groups -OCH3 is 1. The number of benzene rings is 1. The van der Waals surface area contributed by atoms with Gasteiger partial charge in [0.25, 0.3) is 0 Å². The van der Waals surface area contributed by atoms with Gasteiger partial charge in [-0.25, -0.2) is 0 Å². The predicted octanol–water partition coefficient (Wildman–Crippen LogP) is 3.03. The monoisotopic (exact) mass is 226 g/mol. The molecule has 0 saturated carbocycles. The molecule has 0 saturated heterocycles. The van der Waals surface area contributed by atoms with Crippen molar-refractivity contribution in [3.63, 3.8) is 0 Å². The zero-order valence-electron chi connectivity index (χ0n) is 9.49. The van der Waals surface area contributed by atoms with Gasteiger partial charge in [-0.15, -0.1) is 0 Å². The summed E-state index contributed by atoms with van der Waals surface area (Å²) in [6.07, 6.45) is 0. The average molecular weight is 226 g/mol. The van der Waals surface area contributed by atoms with Crippen molar-refractivity contribution in [3.05, 3.63) is 24.3 Å². The van der Waals surface area contributed by atoms with Crippen molar-refractivity contribution in [2.75, 3.05) is 19.5 Å². The molecule has 1 aromatic carbocycles. The third kappa shape index (κ3) is 3.67. The van der Waals surface area contributed by atoms with Gasteiger partial charge in [-0.3, -0.25) is 0 Å². The molecule has 0 N–H and O–H groups in total. The third-order valence-electron chi connectivity index (χ3n) is 2.12. The van der Waals surface area contributed by atoms with Gasteiger partial charge in [-0.05, 0) is 17.9 Å². The van der Waals surface area contributed by atoms with E-state index >= 15 is 0 Å². The number of hydrogen-bond donors (Lipinski definition) is 1. The molecule has 0 aliphatic rings. The van der Waals surface area contributed by atoms with Crippen LogP contribution in [0.15, 0.2) is 24.3 Å². The van der Waals surface area contributed by atoms with E-state index in [0.717, 1.165) is 17.3 Å². The molecule has 1 aromatic rings. The summed E-state index contributed by atoms with van der Waals surface area (Å²) in [5.41, 5.74) is 0.0734. The molecule has 0 aromatic heterocycles. The highest BCUT2D eigenvalue weighted by atomic mass is 32.1. The molecule has 84 valence electrons. The summed E-state index contributed by atoms with van der Waals surface area (Å²) in [6, 6.07) is 7.66. The Morgan fingerprint density at radius 3 is 2.33 bits per heavy atom. The first kappa shape index (κ1) is 12.2. The van der Waals surface area contributed by atoms with Crippen LogP contribution in [0.25, 0.3) is 0 Å². The van der Waals surface area contributed by atoms with Crippen molar-refractivity contribution in [2.45, 2.75) is 13.8 Å². The van der Waals surface area contributed by atoms with Crippen LogP contribution in [0.2, 0.25) is 0 Å². The van der Waals surface area contributed by atoms with E-state index in [0.29, 0.717) is 6.61 Å². The SMILES string of the molecule is COc1ccccc1OCC(C)(C)CS. The number of para-hydroxylation sites is 2.